The molecule has 1 aromatic rings. The lowest BCUT2D eigenvalue weighted by Gasteiger charge is -2.12. The Kier molecular flexibility index (Phi) is 4.60. The largest absolute Gasteiger partial charge is 0.489 e. The van der Waals surface area contributed by atoms with E-state index in [2.05, 4.69) is 6.92 Å². The number of fused-ring (bicyclic) bond motifs is 1. The Morgan fingerprint density at radius 2 is 2.41 bits per heavy atom. The van der Waals surface area contributed by atoms with Crippen molar-refractivity contribution in [1.29, 1.82) is 0 Å². The van der Waals surface area contributed by atoms with Gasteiger partial charge >= 0.3 is 0 Å². The van der Waals surface area contributed by atoms with Gasteiger partial charge in [0.2, 0.25) is 0 Å². The van der Waals surface area contributed by atoms with E-state index in [1.165, 1.54) is 5.56 Å². The maximum atomic E-state index is 5.96. The Hall–Kier alpha value is -0.380. The maximum Gasteiger partial charge on any atom is 0.123 e. The molecule has 2 N–H and O–H groups in total. The second-order valence-electron chi connectivity index (χ2n) is 4.40. The summed E-state index contributed by atoms with van der Waals surface area (Å²) in [5, 5.41) is 0.786. The molecule has 4 heteroatoms. The van der Waals surface area contributed by atoms with E-state index in [1.54, 1.807) is 0 Å². The fraction of sp³-hybridized carbons (Fsp3) is 0.538. The van der Waals surface area contributed by atoms with Crippen LogP contribution in [0.15, 0.2) is 18.2 Å². The van der Waals surface area contributed by atoms with Crippen LogP contribution in [0.2, 0.25) is 5.02 Å². The van der Waals surface area contributed by atoms with Crippen molar-refractivity contribution >= 4 is 23.4 Å². The minimum atomic E-state index is 0.275. The van der Waals surface area contributed by atoms with Gasteiger partial charge in [-0.3, -0.25) is 0 Å². The Morgan fingerprint density at radius 3 is 3.18 bits per heavy atom. The van der Waals surface area contributed by atoms with Crippen molar-refractivity contribution in [1.82, 2.24) is 0 Å². The summed E-state index contributed by atoms with van der Waals surface area (Å²) in [5.74, 6) is 2.99. The first-order valence-corrected chi connectivity index (χ1v) is 7.50. The van der Waals surface area contributed by atoms with Gasteiger partial charge in [0.05, 0.1) is 0 Å². The number of nitrogens with two attached hydrogens (primary N) is 1. The van der Waals surface area contributed by atoms with Crippen LogP contribution >= 0.6 is 23.4 Å². The molecule has 0 radical (unpaired) electrons. The zero-order chi connectivity index (χ0) is 12.3. The van der Waals surface area contributed by atoms with Gasteiger partial charge in [0, 0.05) is 29.0 Å². The molecule has 0 aliphatic carbocycles. The highest BCUT2D eigenvalue weighted by Gasteiger charge is 2.22. The number of hydrogen-bond acceptors (Lipinski definition) is 3. The van der Waals surface area contributed by atoms with Crippen LogP contribution in [0.25, 0.3) is 0 Å². The van der Waals surface area contributed by atoms with E-state index in [1.807, 2.05) is 30.0 Å². The standard InChI is InChI=1S/C13H18ClNOS/c1-2-11(15)7-17-8-12-6-9-5-10(14)3-4-13(9)16-12/h3-5,11-12H,2,6-8,15H2,1H3. The fourth-order valence-electron chi connectivity index (χ4n) is 1.85. The van der Waals surface area contributed by atoms with Crippen LogP contribution in [0.1, 0.15) is 18.9 Å². The van der Waals surface area contributed by atoms with Gasteiger partial charge in [-0.1, -0.05) is 18.5 Å². The molecule has 2 unspecified atom stereocenters. The molecule has 0 bridgehead atoms. The predicted octanol–water partition coefficient (Wildman–Crippen LogP) is 3.11. The van der Waals surface area contributed by atoms with E-state index in [0.717, 1.165) is 35.1 Å². The lowest BCUT2D eigenvalue weighted by molar-refractivity contribution is 0.259. The molecule has 2 atom stereocenters. The van der Waals surface area contributed by atoms with Crippen molar-refractivity contribution in [3.63, 3.8) is 0 Å². The van der Waals surface area contributed by atoms with Gasteiger partial charge in [-0.05, 0) is 30.2 Å². The summed E-state index contributed by atoms with van der Waals surface area (Å²) in [5.41, 5.74) is 7.11. The summed E-state index contributed by atoms with van der Waals surface area (Å²) in [6.07, 6.45) is 2.27. The topological polar surface area (TPSA) is 35.2 Å². The number of hydrogen-bond donors (Lipinski definition) is 1. The zero-order valence-electron chi connectivity index (χ0n) is 9.99. The second-order valence-corrected chi connectivity index (χ2v) is 5.91. The lowest BCUT2D eigenvalue weighted by atomic mass is 10.1. The van der Waals surface area contributed by atoms with E-state index in [4.69, 9.17) is 22.1 Å². The van der Waals surface area contributed by atoms with E-state index in [-0.39, 0.29) is 6.10 Å². The summed E-state index contributed by atoms with van der Waals surface area (Å²) in [6.45, 7) is 2.12. The molecule has 2 rings (SSSR count). The summed E-state index contributed by atoms with van der Waals surface area (Å²) in [6, 6.07) is 6.14. The van der Waals surface area contributed by atoms with Gasteiger partial charge in [0.25, 0.3) is 0 Å². The number of benzene rings is 1. The summed E-state index contributed by atoms with van der Waals surface area (Å²) >= 11 is 7.83. The average Bonchev–Trinajstić information content (AvgIpc) is 2.70. The molecule has 0 spiro atoms. The first-order chi connectivity index (χ1) is 8.19. The van der Waals surface area contributed by atoms with Gasteiger partial charge in [-0.15, -0.1) is 0 Å². The lowest BCUT2D eigenvalue weighted by Crippen LogP contribution is -2.23. The third-order valence-electron chi connectivity index (χ3n) is 2.92. The Balaban J connectivity index is 1.80. The number of thioether (sulfide) groups is 1. The third kappa shape index (κ3) is 3.54. The molecule has 1 aliphatic rings. The van der Waals surface area contributed by atoms with Crippen LogP contribution in [0, 0.1) is 0 Å². The molecule has 1 heterocycles. The van der Waals surface area contributed by atoms with Crippen LogP contribution in [-0.4, -0.2) is 23.7 Å². The molecular formula is C13H18ClNOS. The van der Waals surface area contributed by atoms with Crippen molar-refractivity contribution < 1.29 is 4.74 Å². The molecule has 0 saturated heterocycles. The molecule has 1 aromatic carbocycles. The molecule has 94 valence electrons. The fourth-order valence-corrected chi connectivity index (χ4v) is 3.17. The van der Waals surface area contributed by atoms with Crippen molar-refractivity contribution in [3.05, 3.63) is 28.8 Å². The first-order valence-electron chi connectivity index (χ1n) is 5.97. The van der Waals surface area contributed by atoms with Crippen LogP contribution in [0.3, 0.4) is 0 Å². The average molecular weight is 272 g/mol. The number of halogens is 1. The van der Waals surface area contributed by atoms with Crippen LogP contribution in [-0.2, 0) is 6.42 Å². The van der Waals surface area contributed by atoms with Gasteiger partial charge in [0.15, 0.2) is 0 Å². The second kappa shape index (κ2) is 5.98. The minimum Gasteiger partial charge on any atom is -0.489 e. The van der Waals surface area contributed by atoms with Crippen molar-refractivity contribution in [2.75, 3.05) is 11.5 Å². The SMILES string of the molecule is CCC(N)CSCC1Cc2cc(Cl)ccc2O1. The Labute approximate surface area is 112 Å². The molecule has 2 nitrogen and oxygen atoms in total. The zero-order valence-corrected chi connectivity index (χ0v) is 11.6. The molecule has 0 fully saturated rings. The molecule has 17 heavy (non-hydrogen) atoms. The summed E-state index contributed by atoms with van der Waals surface area (Å²) in [4.78, 5) is 0. The normalized spacial score (nSPS) is 19.8. The van der Waals surface area contributed by atoms with Crippen LogP contribution in [0.5, 0.6) is 5.75 Å². The van der Waals surface area contributed by atoms with Gasteiger partial charge < -0.3 is 10.5 Å². The quantitative estimate of drug-likeness (QED) is 0.894. The number of ether oxygens (including phenoxy) is 1. The maximum absolute atomic E-state index is 5.96. The molecule has 0 saturated carbocycles. The molecular weight excluding hydrogens is 254 g/mol. The Morgan fingerprint density at radius 1 is 1.59 bits per heavy atom. The van der Waals surface area contributed by atoms with E-state index < -0.39 is 0 Å². The molecule has 0 aromatic heterocycles. The highest BCUT2D eigenvalue weighted by atomic mass is 35.5. The highest BCUT2D eigenvalue weighted by Crippen LogP contribution is 2.32. The van der Waals surface area contributed by atoms with E-state index >= 15 is 0 Å². The van der Waals surface area contributed by atoms with Crippen LogP contribution in [0.4, 0.5) is 0 Å². The minimum absolute atomic E-state index is 0.275. The van der Waals surface area contributed by atoms with Crippen molar-refractivity contribution in [2.45, 2.75) is 31.9 Å². The van der Waals surface area contributed by atoms with Gasteiger partial charge in [-0.2, -0.15) is 11.8 Å². The third-order valence-corrected chi connectivity index (χ3v) is 4.43. The molecule has 0 amide bonds. The first kappa shape index (κ1) is 13.1. The van der Waals surface area contributed by atoms with E-state index in [0.29, 0.717) is 6.04 Å². The van der Waals surface area contributed by atoms with Crippen molar-refractivity contribution in [2.24, 2.45) is 5.73 Å². The number of rotatable bonds is 5. The van der Waals surface area contributed by atoms with Gasteiger partial charge in [-0.25, -0.2) is 0 Å². The van der Waals surface area contributed by atoms with Gasteiger partial charge in [0.1, 0.15) is 11.9 Å². The van der Waals surface area contributed by atoms with Crippen molar-refractivity contribution in [3.8, 4) is 5.75 Å². The predicted molar refractivity (Wildman–Crippen MR) is 75.2 cm³/mol. The Bertz CT molecular complexity index is 386. The summed E-state index contributed by atoms with van der Waals surface area (Å²) < 4.78 is 5.86. The molecule has 1 aliphatic heterocycles. The highest BCUT2D eigenvalue weighted by molar-refractivity contribution is 7.99. The monoisotopic (exact) mass is 271 g/mol. The summed E-state index contributed by atoms with van der Waals surface area (Å²) in [7, 11) is 0. The van der Waals surface area contributed by atoms with Crippen LogP contribution < -0.4 is 10.5 Å². The smallest absolute Gasteiger partial charge is 0.123 e. The van der Waals surface area contributed by atoms with E-state index in [9.17, 15) is 0 Å².